The van der Waals surface area contributed by atoms with Gasteiger partial charge in [0.2, 0.25) is 0 Å². The first-order valence-corrected chi connectivity index (χ1v) is 8.92. The molecule has 2 N–H and O–H groups in total. The van der Waals surface area contributed by atoms with Crippen molar-refractivity contribution in [3.8, 4) is 0 Å². The van der Waals surface area contributed by atoms with Crippen LogP contribution in [0.1, 0.15) is 24.0 Å². The average molecular weight is 373 g/mol. The molecule has 0 radical (unpaired) electrons. The normalized spacial score (nSPS) is 16.0. The molecular weight excluding hydrogens is 352 g/mol. The van der Waals surface area contributed by atoms with Crippen LogP contribution in [0.2, 0.25) is 5.02 Å². The summed E-state index contributed by atoms with van der Waals surface area (Å²) in [7, 11) is 0. The van der Waals surface area contributed by atoms with E-state index in [4.69, 9.17) is 16.7 Å². The summed E-state index contributed by atoms with van der Waals surface area (Å²) >= 11 is 6.28. The molecule has 1 aliphatic heterocycles. The lowest BCUT2D eigenvalue weighted by molar-refractivity contribution is -0.131. The second kappa shape index (κ2) is 8.78. The molecule has 2 aromatic heterocycles. The Balaban J connectivity index is 1.52. The van der Waals surface area contributed by atoms with E-state index in [0.717, 1.165) is 38.6 Å². The van der Waals surface area contributed by atoms with Gasteiger partial charge in [0.25, 0.3) is 0 Å². The SMILES string of the molecule is O=C(O)C=Cc1cnc(NC2CCN(Cc3cccnc3)CC2)c(Cl)c1. The van der Waals surface area contributed by atoms with Crippen LogP contribution in [0.3, 0.4) is 0 Å². The summed E-state index contributed by atoms with van der Waals surface area (Å²) in [4.78, 5) is 21.5. The van der Waals surface area contributed by atoms with Crippen molar-refractivity contribution in [1.82, 2.24) is 14.9 Å². The first kappa shape index (κ1) is 18.4. The van der Waals surface area contributed by atoms with Crippen molar-refractivity contribution in [1.29, 1.82) is 0 Å². The highest BCUT2D eigenvalue weighted by molar-refractivity contribution is 6.33. The summed E-state index contributed by atoms with van der Waals surface area (Å²) in [6.07, 6.45) is 9.89. The number of pyridine rings is 2. The molecule has 2 aromatic rings. The number of aromatic nitrogens is 2. The predicted octanol–water partition coefficient (Wildman–Crippen LogP) is 3.30. The van der Waals surface area contributed by atoms with Crippen LogP contribution in [-0.2, 0) is 11.3 Å². The number of anilines is 1. The van der Waals surface area contributed by atoms with Crippen molar-refractivity contribution in [2.24, 2.45) is 0 Å². The summed E-state index contributed by atoms with van der Waals surface area (Å²) < 4.78 is 0. The molecule has 1 saturated heterocycles. The number of carbonyl (C=O) groups is 1. The van der Waals surface area contributed by atoms with Gasteiger partial charge in [-0.1, -0.05) is 17.7 Å². The van der Waals surface area contributed by atoms with Crippen molar-refractivity contribution in [3.05, 3.63) is 59.0 Å². The fourth-order valence-electron chi connectivity index (χ4n) is 3.00. The van der Waals surface area contributed by atoms with Gasteiger partial charge in [0.15, 0.2) is 0 Å². The highest BCUT2D eigenvalue weighted by Crippen LogP contribution is 2.24. The number of piperidine rings is 1. The number of halogens is 1. The number of hydrogen-bond donors (Lipinski definition) is 2. The van der Waals surface area contributed by atoms with Crippen molar-refractivity contribution in [3.63, 3.8) is 0 Å². The van der Waals surface area contributed by atoms with E-state index >= 15 is 0 Å². The number of nitrogens with zero attached hydrogens (tertiary/aromatic N) is 3. The molecule has 1 aliphatic rings. The molecule has 0 atom stereocenters. The molecule has 0 amide bonds. The maximum Gasteiger partial charge on any atom is 0.328 e. The number of nitrogens with one attached hydrogen (secondary N) is 1. The van der Waals surface area contributed by atoms with Crippen LogP contribution in [-0.4, -0.2) is 45.1 Å². The Bertz CT molecular complexity index is 774. The first-order chi connectivity index (χ1) is 12.6. The van der Waals surface area contributed by atoms with Crippen molar-refractivity contribution in [2.45, 2.75) is 25.4 Å². The van der Waals surface area contributed by atoms with Gasteiger partial charge >= 0.3 is 5.97 Å². The molecule has 0 bridgehead atoms. The van der Waals surface area contributed by atoms with Crippen LogP contribution in [0.4, 0.5) is 5.82 Å². The minimum atomic E-state index is -0.999. The average Bonchev–Trinajstić information content (AvgIpc) is 2.64. The third-order valence-corrected chi connectivity index (χ3v) is 4.63. The maximum atomic E-state index is 10.6. The molecule has 0 aliphatic carbocycles. The summed E-state index contributed by atoms with van der Waals surface area (Å²) in [5, 5.41) is 12.6. The number of hydrogen-bond acceptors (Lipinski definition) is 5. The van der Waals surface area contributed by atoms with Gasteiger partial charge in [0.05, 0.1) is 5.02 Å². The number of likely N-dealkylation sites (tertiary alicyclic amines) is 1. The summed E-state index contributed by atoms with van der Waals surface area (Å²) in [5.74, 6) is -0.355. The van der Waals surface area contributed by atoms with Gasteiger partial charge in [-0.05, 0) is 42.2 Å². The Morgan fingerprint density at radius 3 is 2.85 bits per heavy atom. The zero-order chi connectivity index (χ0) is 18.4. The number of carboxylic acid groups (broad SMARTS) is 1. The summed E-state index contributed by atoms with van der Waals surface area (Å²) in [6, 6.07) is 6.10. The Hall–Kier alpha value is -2.44. The van der Waals surface area contributed by atoms with Crippen LogP contribution in [0.15, 0.2) is 42.9 Å². The van der Waals surface area contributed by atoms with E-state index in [0.29, 0.717) is 22.4 Å². The summed E-state index contributed by atoms with van der Waals surface area (Å²) in [6.45, 7) is 2.93. The predicted molar refractivity (Wildman–Crippen MR) is 102 cm³/mol. The van der Waals surface area contributed by atoms with E-state index in [9.17, 15) is 4.79 Å². The van der Waals surface area contributed by atoms with Crippen LogP contribution >= 0.6 is 11.6 Å². The zero-order valence-corrected chi connectivity index (χ0v) is 15.1. The molecule has 0 saturated carbocycles. The van der Waals surface area contributed by atoms with Crippen LogP contribution in [0.5, 0.6) is 0 Å². The highest BCUT2D eigenvalue weighted by atomic mass is 35.5. The Morgan fingerprint density at radius 2 is 2.19 bits per heavy atom. The van der Waals surface area contributed by atoms with Gasteiger partial charge < -0.3 is 10.4 Å². The monoisotopic (exact) mass is 372 g/mol. The molecule has 3 rings (SSSR count). The second-order valence-electron chi connectivity index (χ2n) is 6.33. The van der Waals surface area contributed by atoms with E-state index in [2.05, 4.69) is 26.3 Å². The largest absolute Gasteiger partial charge is 0.478 e. The third kappa shape index (κ3) is 5.28. The number of carboxylic acids is 1. The lowest BCUT2D eigenvalue weighted by atomic mass is 10.0. The van der Waals surface area contributed by atoms with E-state index in [1.807, 2.05) is 12.3 Å². The van der Waals surface area contributed by atoms with Gasteiger partial charge in [-0.15, -0.1) is 0 Å². The topological polar surface area (TPSA) is 78.3 Å². The third-order valence-electron chi connectivity index (χ3n) is 4.34. The van der Waals surface area contributed by atoms with E-state index in [1.165, 1.54) is 11.6 Å². The molecule has 26 heavy (non-hydrogen) atoms. The van der Waals surface area contributed by atoms with Gasteiger partial charge in [-0.2, -0.15) is 0 Å². The van der Waals surface area contributed by atoms with Gasteiger partial charge in [0.1, 0.15) is 5.82 Å². The van der Waals surface area contributed by atoms with Crippen LogP contribution in [0.25, 0.3) is 6.08 Å². The van der Waals surface area contributed by atoms with Crippen molar-refractivity contribution in [2.75, 3.05) is 18.4 Å². The Kier molecular flexibility index (Phi) is 6.20. The van der Waals surface area contributed by atoms with E-state index in [1.54, 1.807) is 18.5 Å². The van der Waals surface area contributed by atoms with Crippen LogP contribution in [0, 0.1) is 0 Å². The lowest BCUT2D eigenvalue weighted by Crippen LogP contribution is -2.38. The molecule has 7 heteroatoms. The zero-order valence-electron chi connectivity index (χ0n) is 14.3. The minimum Gasteiger partial charge on any atom is -0.478 e. The Labute approximate surface area is 157 Å². The van der Waals surface area contributed by atoms with Gasteiger partial charge in [-0.3, -0.25) is 9.88 Å². The van der Waals surface area contributed by atoms with Gasteiger partial charge in [0, 0.05) is 50.3 Å². The molecular formula is C19H21ClN4O2. The molecule has 0 spiro atoms. The maximum absolute atomic E-state index is 10.6. The molecule has 136 valence electrons. The molecule has 0 unspecified atom stereocenters. The molecule has 1 fully saturated rings. The number of rotatable bonds is 6. The fourth-order valence-corrected chi connectivity index (χ4v) is 3.23. The quantitative estimate of drug-likeness (QED) is 0.757. The van der Waals surface area contributed by atoms with Gasteiger partial charge in [-0.25, -0.2) is 9.78 Å². The molecule has 3 heterocycles. The van der Waals surface area contributed by atoms with E-state index in [-0.39, 0.29) is 0 Å². The molecule has 6 nitrogen and oxygen atoms in total. The Morgan fingerprint density at radius 1 is 1.38 bits per heavy atom. The number of aliphatic carboxylic acids is 1. The first-order valence-electron chi connectivity index (χ1n) is 8.54. The minimum absolute atomic E-state index is 0.325. The van der Waals surface area contributed by atoms with Crippen molar-refractivity contribution >= 4 is 29.5 Å². The second-order valence-corrected chi connectivity index (χ2v) is 6.73. The van der Waals surface area contributed by atoms with Crippen molar-refractivity contribution < 1.29 is 9.90 Å². The fraction of sp³-hybridized carbons (Fsp3) is 0.316. The van der Waals surface area contributed by atoms with Crippen LogP contribution < -0.4 is 5.32 Å². The summed E-state index contributed by atoms with van der Waals surface area (Å²) in [5.41, 5.74) is 1.89. The van der Waals surface area contributed by atoms with E-state index < -0.39 is 5.97 Å². The lowest BCUT2D eigenvalue weighted by Gasteiger charge is -2.32. The molecule has 0 aromatic carbocycles. The smallest absolute Gasteiger partial charge is 0.328 e. The highest BCUT2D eigenvalue weighted by Gasteiger charge is 2.20. The standard InChI is InChI=1S/C19H21ClN4O2/c20-17-10-14(3-4-18(25)26)12-22-19(17)23-16-5-8-24(9-6-16)13-15-2-1-7-21-11-15/h1-4,7,10-12,16H,5-6,8-9,13H2,(H,22,23)(H,25,26).